The van der Waals surface area contributed by atoms with E-state index < -0.39 is 0 Å². The van der Waals surface area contributed by atoms with Gasteiger partial charge in [-0.2, -0.15) is 5.10 Å². The van der Waals surface area contributed by atoms with Crippen LogP contribution in [-0.2, 0) is 13.1 Å². The highest BCUT2D eigenvalue weighted by Crippen LogP contribution is 2.33. The molecule has 0 amide bonds. The second kappa shape index (κ2) is 9.92. The lowest BCUT2D eigenvalue weighted by Crippen LogP contribution is -2.12. The minimum atomic E-state index is 0.719. The lowest BCUT2D eigenvalue weighted by molar-refractivity contribution is 0.691. The maximum atomic E-state index is 5.00. The van der Waals surface area contributed by atoms with Crippen LogP contribution < -0.4 is 5.32 Å². The molecule has 0 radical (unpaired) electrons. The van der Waals surface area contributed by atoms with Gasteiger partial charge in [-0.1, -0.05) is 30.3 Å². The maximum absolute atomic E-state index is 5.00. The fraction of sp³-hybridized carbons (Fsp3) is 0.0645. The predicted octanol–water partition coefficient (Wildman–Crippen LogP) is 5.92. The summed E-state index contributed by atoms with van der Waals surface area (Å²) in [7, 11) is 0. The smallest absolute Gasteiger partial charge is 0.138 e. The lowest BCUT2D eigenvalue weighted by Gasteiger charge is -2.07. The quantitative estimate of drug-likeness (QED) is 0.247. The maximum Gasteiger partial charge on any atom is 0.138 e. The second-order valence-corrected chi connectivity index (χ2v) is 9.38. The topological polar surface area (TPSA) is 108 Å². The van der Waals surface area contributed by atoms with E-state index in [-0.39, 0.29) is 0 Å². The minimum absolute atomic E-state index is 0.719. The molecule has 0 fully saturated rings. The Morgan fingerprint density at radius 2 is 1.62 bits per heavy atom. The van der Waals surface area contributed by atoms with Gasteiger partial charge in [-0.15, -0.1) is 0 Å². The van der Waals surface area contributed by atoms with Crippen molar-refractivity contribution in [2.45, 2.75) is 13.1 Å². The summed E-state index contributed by atoms with van der Waals surface area (Å²) in [5.41, 5.74) is 10.4. The first kappa shape index (κ1) is 22.9. The number of fused-ring (bicyclic) bond motifs is 2. The summed E-state index contributed by atoms with van der Waals surface area (Å²) >= 11 is 0. The summed E-state index contributed by atoms with van der Waals surface area (Å²) < 4.78 is 0. The zero-order valence-electron chi connectivity index (χ0n) is 21.0. The minimum Gasteiger partial charge on any atom is -0.338 e. The Morgan fingerprint density at radius 1 is 0.744 bits per heavy atom. The number of hydrogen-bond donors (Lipinski definition) is 3. The first-order valence-corrected chi connectivity index (χ1v) is 12.7. The number of rotatable bonds is 7. The van der Waals surface area contributed by atoms with Crippen molar-refractivity contribution in [2.75, 3.05) is 0 Å². The van der Waals surface area contributed by atoms with Crippen LogP contribution in [0.2, 0.25) is 0 Å². The van der Waals surface area contributed by atoms with Crippen LogP contribution in [-0.4, -0.2) is 35.1 Å². The van der Waals surface area contributed by atoms with Crippen molar-refractivity contribution in [3.63, 3.8) is 0 Å². The molecule has 7 aromatic rings. The van der Waals surface area contributed by atoms with E-state index in [1.54, 1.807) is 12.4 Å². The number of aromatic amines is 2. The van der Waals surface area contributed by atoms with Crippen LogP contribution in [0.15, 0.2) is 104 Å². The Labute approximate surface area is 224 Å². The molecule has 0 saturated heterocycles. The van der Waals surface area contributed by atoms with Crippen molar-refractivity contribution in [3.05, 3.63) is 115 Å². The molecule has 7 rings (SSSR count). The van der Waals surface area contributed by atoms with Crippen molar-refractivity contribution in [3.8, 4) is 33.8 Å². The molecule has 0 bridgehead atoms. The molecule has 3 N–H and O–H groups in total. The Balaban J connectivity index is 1.20. The van der Waals surface area contributed by atoms with E-state index in [1.165, 1.54) is 5.56 Å². The standard InChI is InChI=1S/C31H24N8/c1-2-4-20(5-3-1)16-33-17-21-14-23(19-34-18-21)26-6-7-27-29(36-26)30(39-38-27)28-15-25-24(10-13-35-31(25)37-28)22-8-11-32-12-9-22/h1-15,18-19,33H,16-17H2,(H,35,37)(H,38,39). The zero-order valence-corrected chi connectivity index (χ0v) is 21.0. The zero-order chi connectivity index (χ0) is 26.0. The highest BCUT2D eigenvalue weighted by atomic mass is 15.1. The molecule has 1 aromatic carbocycles. The van der Waals surface area contributed by atoms with Crippen LogP contribution in [0.1, 0.15) is 11.1 Å². The van der Waals surface area contributed by atoms with Crippen molar-refractivity contribution in [1.82, 2.24) is 40.4 Å². The molecule has 8 heteroatoms. The highest BCUT2D eigenvalue weighted by Gasteiger charge is 2.16. The number of pyridine rings is 4. The Hall–Kier alpha value is -5.21. The van der Waals surface area contributed by atoms with Crippen molar-refractivity contribution >= 4 is 22.1 Å². The van der Waals surface area contributed by atoms with E-state index >= 15 is 0 Å². The highest BCUT2D eigenvalue weighted by molar-refractivity contribution is 5.99. The third-order valence-electron chi connectivity index (χ3n) is 6.78. The van der Waals surface area contributed by atoms with Crippen molar-refractivity contribution in [2.24, 2.45) is 0 Å². The van der Waals surface area contributed by atoms with Crippen LogP contribution in [0.25, 0.3) is 55.8 Å². The third-order valence-corrected chi connectivity index (χ3v) is 6.78. The molecule has 0 aliphatic rings. The molecule has 6 heterocycles. The number of nitrogens with one attached hydrogen (secondary N) is 3. The van der Waals surface area contributed by atoms with E-state index in [0.29, 0.717) is 0 Å². The SMILES string of the molecule is c1ccc(CNCc2cncc(-c3ccc4[nH]nc(-c5cc6c(-c7ccncc7)ccnc6[nH]5)c4n3)c2)cc1. The van der Waals surface area contributed by atoms with Crippen LogP contribution in [0.5, 0.6) is 0 Å². The molecular weight excluding hydrogens is 484 g/mol. The van der Waals surface area contributed by atoms with E-state index in [1.807, 2.05) is 55.0 Å². The lowest BCUT2D eigenvalue weighted by atomic mass is 10.1. The first-order valence-electron chi connectivity index (χ1n) is 12.7. The molecule has 0 aliphatic heterocycles. The molecule has 0 saturated carbocycles. The normalized spacial score (nSPS) is 11.4. The van der Waals surface area contributed by atoms with Gasteiger partial charge >= 0.3 is 0 Å². The Morgan fingerprint density at radius 3 is 2.51 bits per heavy atom. The molecule has 39 heavy (non-hydrogen) atoms. The van der Waals surface area contributed by atoms with Gasteiger partial charge < -0.3 is 10.3 Å². The fourth-order valence-electron chi connectivity index (χ4n) is 4.86. The number of H-pyrrole nitrogens is 2. The third kappa shape index (κ3) is 4.54. The van der Waals surface area contributed by atoms with Crippen LogP contribution in [0.3, 0.4) is 0 Å². The predicted molar refractivity (Wildman–Crippen MR) is 152 cm³/mol. The summed E-state index contributed by atoms with van der Waals surface area (Å²) in [4.78, 5) is 21.6. The molecule has 8 nitrogen and oxygen atoms in total. The van der Waals surface area contributed by atoms with Crippen molar-refractivity contribution < 1.29 is 0 Å². The van der Waals surface area contributed by atoms with Gasteiger partial charge in [-0.3, -0.25) is 15.1 Å². The molecule has 0 unspecified atom stereocenters. The second-order valence-electron chi connectivity index (χ2n) is 9.38. The van der Waals surface area contributed by atoms with Gasteiger partial charge in [0.25, 0.3) is 0 Å². The number of aromatic nitrogens is 7. The van der Waals surface area contributed by atoms with Crippen LogP contribution in [0, 0.1) is 0 Å². The van der Waals surface area contributed by atoms with E-state index in [0.717, 1.165) is 74.5 Å². The molecule has 0 aliphatic carbocycles. The summed E-state index contributed by atoms with van der Waals surface area (Å²) in [6.45, 7) is 1.52. The molecular formula is C31H24N8. The molecule has 6 aromatic heterocycles. The largest absolute Gasteiger partial charge is 0.338 e. The molecule has 0 spiro atoms. The average molecular weight is 509 g/mol. The monoisotopic (exact) mass is 508 g/mol. The van der Waals surface area contributed by atoms with E-state index in [2.05, 4.69) is 71.8 Å². The van der Waals surface area contributed by atoms with E-state index in [4.69, 9.17) is 4.98 Å². The number of nitrogens with zero attached hydrogens (tertiary/aromatic N) is 5. The van der Waals surface area contributed by atoms with Crippen LogP contribution >= 0.6 is 0 Å². The van der Waals surface area contributed by atoms with Crippen LogP contribution in [0.4, 0.5) is 0 Å². The van der Waals surface area contributed by atoms with Gasteiger partial charge in [-0.25, -0.2) is 9.97 Å². The summed E-state index contributed by atoms with van der Waals surface area (Å²) in [5, 5.41) is 12.2. The molecule has 0 atom stereocenters. The van der Waals surface area contributed by atoms with Gasteiger partial charge in [0.15, 0.2) is 0 Å². The summed E-state index contributed by atoms with van der Waals surface area (Å²) in [5.74, 6) is 0. The van der Waals surface area contributed by atoms with E-state index in [9.17, 15) is 0 Å². The van der Waals surface area contributed by atoms with Crippen molar-refractivity contribution in [1.29, 1.82) is 0 Å². The number of benzene rings is 1. The Kier molecular flexibility index (Phi) is 5.84. The first-order chi connectivity index (χ1) is 19.3. The van der Waals surface area contributed by atoms with Gasteiger partial charge in [0.2, 0.25) is 0 Å². The average Bonchev–Trinajstić information content (AvgIpc) is 3.62. The Bertz CT molecular complexity index is 1890. The summed E-state index contributed by atoms with van der Waals surface area (Å²) in [6, 6.07) is 24.6. The number of hydrogen-bond acceptors (Lipinski definition) is 6. The van der Waals surface area contributed by atoms with Gasteiger partial charge in [0.05, 0.1) is 16.9 Å². The fourth-order valence-corrected chi connectivity index (χ4v) is 4.86. The summed E-state index contributed by atoms with van der Waals surface area (Å²) in [6.07, 6.45) is 9.14. The molecule has 188 valence electrons. The van der Waals surface area contributed by atoms with Gasteiger partial charge in [0, 0.05) is 55.0 Å². The van der Waals surface area contributed by atoms with Gasteiger partial charge in [0.1, 0.15) is 16.9 Å². The van der Waals surface area contributed by atoms with Gasteiger partial charge in [-0.05, 0) is 64.7 Å².